The zero-order valence-corrected chi connectivity index (χ0v) is 29.2. The third kappa shape index (κ3) is 4.08. The van der Waals surface area contributed by atoms with E-state index in [-0.39, 0.29) is 56.7 Å². The van der Waals surface area contributed by atoms with E-state index in [4.69, 9.17) is 14.5 Å². The molecule has 240 valence electrons. The van der Waals surface area contributed by atoms with Crippen molar-refractivity contribution in [2.45, 2.75) is 129 Å². The van der Waals surface area contributed by atoms with Gasteiger partial charge in [0.2, 0.25) is 0 Å². The van der Waals surface area contributed by atoms with Crippen molar-refractivity contribution in [2.24, 2.45) is 39.9 Å². The number of benzene rings is 1. The summed E-state index contributed by atoms with van der Waals surface area (Å²) in [6.45, 7) is 18.6. The monoisotopic (exact) mass is 619 g/mol. The van der Waals surface area contributed by atoms with Gasteiger partial charge >= 0.3 is 0 Å². The molecular weight excluding hydrogens is 566 g/mol. The number of aliphatic hydroxyl groups is 1. The Morgan fingerprint density at radius 1 is 0.955 bits per heavy atom. The van der Waals surface area contributed by atoms with E-state index in [1.807, 2.05) is 12.1 Å². The number of nitrogens with zero attached hydrogens (tertiary/aromatic N) is 1. The van der Waals surface area contributed by atoms with Crippen LogP contribution in [0.3, 0.4) is 0 Å². The fourth-order valence-electron chi connectivity index (χ4n) is 12.3. The molecule has 44 heavy (non-hydrogen) atoms. The second-order valence-corrected chi connectivity index (χ2v) is 18.5. The van der Waals surface area contributed by atoms with E-state index in [1.54, 1.807) is 18.4 Å². The summed E-state index contributed by atoms with van der Waals surface area (Å²) in [7, 11) is 1.69. The fourth-order valence-corrected chi connectivity index (χ4v) is 13.7. The Balaban J connectivity index is 1.28. The topological polar surface area (TPSA) is 68.7 Å². The summed E-state index contributed by atoms with van der Waals surface area (Å²) in [5.74, 6) is 1.83. The van der Waals surface area contributed by atoms with E-state index in [9.17, 15) is 9.90 Å². The van der Waals surface area contributed by atoms with Crippen LogP contribution in [0.25, 0.3) is 10.6 Å². The maximum Gasteiger partial charge on any atom is 0.138 e. The summed E-state index contributed by atoms with van der Waals surface area (Å²) >= 11 is 1.79. The summed E-state index contributed by atoms with van der Waals surface area (Å²) < 4.78 is 12.3. The van der Waals surface area contributed by atoms with Crippen molar-refractivity contribution in [3.63, 3.8) is 0 Å². The minimum absolute atomic E-state index is 0.115. The summed E-state index contributed by atoms with van der Waals surface area (Å²) in [5, 5.41) is 13.3. The molecule has 1 aromatic carbocycles. The predicted octanol–water partition coefficient (Wildman–Crippen LogP) is 8.41. The second kappa shape index (κ2) is 9.64. The normalized spacial score (nSPS) is 43.9. The molecule has 2 heterocycles. The summed E-state index contributed by atoms with van der Waals surface area (Å²) in [6.07, 6.45) is 7.26. The molecule has 0 amide bonds. The second-order valence-electron chi connectivity index (χ2n) is 17.4. The van der Waals surface area contributed by atoms with Gasteiger partial charge in [-0.2, -0.15) is 0 Å². The first-order chi connectivity index (χ1) is 20.5. The van der Waals surface area contributed by atoms with Gasteiger partial charge in [-0.05, 0) is 124 Å². The van der Waals surface area contributed by atoms with Gasteiger partial charge in [-0.3, -0.25) is 4.79 Å². The van der Waals surface area contributed by atoms with Gasteiger partial charge in [0.15, 0.2) is 0 Å². The summed E-state index contributed by atoms with van der Waals surface area (Å²) in [6, 6.07) is 8.15. The van der Waals surface area contributed by atoms with Crippen LogP contribution in [-0.4, -0.2) is 40.3 Å². The number of fused-ring (bicyclic) bond motifs is 6. The molecule has 0 unspecified atom stereocenters. The van der Waals surface area contributed by atoms with E-state index < -0.39 is 0 Å². The molecule has 5 aliphatic rings. The molecule has 1 saturated heterocycles. The van der Waals surface area contributed by atoms with Gasteiger partial charge in [0.05, 0.1) is 30.1 Å². The molecule has 1 aliphatic heterocycles. The highest BCUT2D eigenvalue weighted by atomic mass is 32.1. The molecule has 6 heteroatoms. The van der Waals surface area contributed by atoms with Crippen molar-refractivity contribution in [1.82, 2.24) is 4.98 Å². The van der Waals surface area contributed by atoms with Crippen LogP contribution in [0.5, 0.6) is 5.75 Å². The molecule has 1 N–H and O–H groups in total. The first-order valence-electron chi connectivity index (χ1n) is 17.0. The van der Waals surface area contributed by atoms with Gasteiger partial charge in [-0.1, -0.05) is 34.6 Å². The zero-order valence-electron chi connectivity index (χ0n) is 28.4. The molecule has 7 rings (SSSR count). The highest BCUT2D eigenvalue weighted by Gasteiger charge is 2.73. The van der Waals surface area contributed by atoms with Crippen molar-refractivity contribution in [3.8, 4) is 16.3 Å². The molecule has 4 fully saturated rings. The average Bonchev–Trinajstić information content (AvgIpc) is 3.53. The maximum absolute atomic E-state index is 14.7. The van der Waals surface area contributed by atoms with E-state index >= 15 is 0 Å². The summed E-state index contributed by atoms with van der Waals surface area (Å²) in [4.78, 5) is 21.2. The van der Waals surface area contributed by atoms with Crippen molar-refractivity contribution in [3.05, 3.63) is 34.8 Å². The minimum Gasteiger partial charge on any atom is -0.497 e. The van der Waals surface area contributed by atoms with Crippen LogP contribution < -0.4 is 4.74 Å². The first kappa shape index (κ1) is 30.9. The van der Waals surface area contributed by atoms with Crippen LogP contribution in [0, 0.1) is 39.9 Å². The number of aromatic nitrogens is 1. The minimum atomic E-state index is -0.387. The number of ether oxygens (including phenoxy) is 2. The fraction of sp³-hybridized carbons (Fsp3) is 0.737. The van der Waals surface area contributed by atoms with Crippen LogP contribution in [0.4, 0.5) is 0 Å². The highest BCUT2D eigenvalue weighted by Crippen LogP contribution is 2.75. The molecule has 5 nitrogen and oxygen atoms in total. The van der Waals surface area contributed by atoms with Crippen LogP contribution in [0.15, 0.2) is 24.3 Å². The number of methoxy groups -OCH3 is 1. The Hall–Kier alpha value is -1.76. The number of carbonyl (C=O) groups is 1. The number of ketones is 1. The van der Waals surface area contributed by atoms with Crippen molar-refractivity contribution >= 4 is 17.1 Å². The van der Waals surface area contributed by atoms with Gasteiger partial charge in [-0.25, -0.2) is 4.98 Å². The van der Waals surface area contributed by atoms with Gasteiger partial charge in [0, 0.05) is 28.2 Å². The lowest BCUT2D eigenvalue weighted by Crippen LogP contribution is -2.68. The molecule has 0 radical (unpaired) electrons. The molecule has 4 aliphatic carbocycles. The molecular formula is C38H53NO4S. The number of carbonyl (C=O) groups excluding carboxylic acids is 1. The maximum atomic E-state index is 14.7. The Morgan fingerprint density at radius 2 is 1.66 bits per heavy atom. The van der Waals surface area contributed by atoms with E-state index in [0.717, 1.165) is 60.5 Å². The quantitative estimate of drug-likeness (QED) is 0.374. The standard InChI is InChI=1S/C38H53NO4S/c1-33(2)16-10-17-38(8,43-33)24-15-18-36(6)29(24)25(40)19-28-35(5)21-27-31(34(3,4)30(35)26(41)20-37(28,36)7)39-32(44-27)22-11-13-23(42-9)14-12-22/h11-14,24-25,28-30,40H,10,15-21H2,1-9H3/t24-,25+,28+,29-,30-,35+,36+,37+,38+/m0/s1. The van der Waals surface area contributed by atoms with Crippen molar-refractivity contribution in [2.75, 3.05) is 7.11 Å². The van der Waals surface area contributed by atoms with Gasteiger partial charge in [-0.15, -0.1) is 11.3 Å². The van der Waals surface area contributed by atoms with E-state index in [0.29, 0.717) is 18.1 Å². The zero-order chi connectivity index (χ0) is 31.7. The lowest BCUT2D eigenvalue weighted by atomic mass is 9.35. The Labute approximate surface area is 268 Å². The van der Waals surface area contributed by atoms with E-state index in [1.165, 1.54) is 11.3 Å². The SMILES string of the molecule is COc1ccc(-c2nc3c(s2)C[C@]2(C)[C@H]4C[C@@H](O)[C@@H]5[C@@H]([C@@]6(C)CCCC(C)(C)O6)CC[C@@]5(C)[C@]4(C)CC(=O)[C@H]2C3(C)C)cc1. The van der Waals surface area contributed by atoms with Crippen molar-refractivity contribution < 1.29 is 19.4 Å². The smallest absolute Gasteiger partial charge is 0.138 e. The lowest BCUT2D eigenvalue weighted by Gasteiger charge is -2.69. The number of hydrogen-bond donors (Lipinski definition) is 1. The predicted molar refractivity (Wildman–Crippen MR) is 176 cm³/mol. The number of thiazole rings is 1. The number of aliphatic hydroxyl groups excluding tert-OH is 1. The third-order valence-electron chi connectivity index (χ3n) is 14.1. The molecule has 2 aromatic rings. The number of hydrogen-bond acceptors (Lipinski definition) is 6. The molecule has 1 aromatic heterocycles. The van der Waals surface area contributed by atoms with Crippen molar-refractivity contribution in [1.29, 1.82) is 0 Å². The van der Waals surface area contributed by atoms with Gasteiger partial charge in [0.1, 0.15) is 16.5 Å². The van der Waals surface area contributed by atoms with Crippen LogP contribution >= 0.6 is 11.3 Å². The Kier molecular flexibility index (Phi) is 6.76. The largest absolute Gasteiger partial charge is 0.497 e. The molecule has 0 spiro atoms. The average molecular weight is 620 g/mol. The first-order valence-corrected chi connectivity index (χ1v) is 17.9. The van der Waals surface area contributed by atoms with Gasteiger partial charge in [0.25, 0.3) is 0 Å². The van der Waals surface area contributed by atoms with Crippen LogP contribution in [-0.2, 0) is 21.4 Å². The Morgan fingerprint density at radius 3 is 2.32 bits per heavy atom. The number of rotatable bonds is 3. The highest BCUT2D eigenvalue weighted by molar-refractivity contribution is 7.15. The van der Waals surface area contributed by atoms with Crippen LogP contribution in [0.1, 0.15) is 111 Å². The summed E-state index contributed by atoms with van der Waals surface area (Å²) in [5.41, 5.74) is 0.899. The molecule has 3 saturated carbocycles. The van der Waals surface area contributed by atoms with Crippen LogP contribution in [0.2, 0.25) is 0 Å². The third-order valence-corrected chi connectivity index (χ3v) is 15.2. The molecule has 0 bridgehead atoms. The lowest BCUT2D eigenvalue weighted by molar-refractivity contribution is -0.239. The Bertz CT molecular complexity index is 1480. The number of Topliss-reactive ketones (excluding diaryl/α,β-unsaturated/α-hetero) is 1. The van der Waals surface area contributed by atoms with E-state index in [2.05, 4.69) is 67.5 Å². The van der Waals surface area contributed by atoms with Gasteiger partial charge < -0.3 is 14.6 Å². The molecule has 9 atom stereocenters.